The fraction of sp³-hybridized carbons (Fsp3) is 0.0625. The zero-order valence-corrected chi connectivity index (χ0v) is 37.8. The van der Waals surface area contributed by atoms with Crippen LogP contribution in [0.2, 0.25) is 0 Å². The highest BCUT2D eigenvalue weighted by Crippen LogP contribution is 2.47. The van der Waals surface area contributed by atoms with Crippen molar-refractivity contribution in [2.24, 2.45) is 0 Å². The van der Waals surface area contributed by atoms with Crippen molar-refractivity contribution >= 4 is 76.8 Å². The van der Waals surface area contributed by atoms with Crippen LogP contribution in [0.25, 0.3) is 93.4 Å². The smallest absolute Gasteiger partial charge is 0.0782 e. The number of aromatic nitrogens is 2. The number of nitrogens with zero attached hydrogens (tertiary/aromatic N) is 3. The van der Waals surface area contributed by atoms with Crippen LogP contribution in [0, 0.1) is 0 Å². The maximum Gasteiger partial charge on any atom is 0.0782 e. The van der Waals surface area contributed by atoms with Crippen LogP contribution >= 0.6 is 0 Å². The van der Waals surface area contributed by atoms with E-state index in [4.69, 9.17) is 0 Å². The third kappa shape index (κ3) is 5.98. The second-order valence-electron chi connectivity index (χ2n) is 18.5. The molecular weight excluding hydrogens is 811 g/mol. The monoisotopic (exact) mass is 857 g/mol. The molecule has 0 atom stereocenters. The zero-order valence-electron chi connectivity index (χ0n) is 37.8. The second-order valence-corrected chi connectivity index (χ2v) is 18.5. The molecule has 0 saturated heterocycles. The van der Waals surface area contributed by atoms with Gasteiger partial charge in [0.15, 0.2) is 0 Å². The van der Waals surface area contributed by atoms with Gasteiger partial charge in [0.25, 0.3) is 0 Å². The highest BCUT2D eigenvalue weighted by Gasteiger charge is 2.30. The zero-order chi connectivity index (χ0) is 44.8. The van der Waals surface area contributed by atoms with Crippen molar-refractivity contribution < 1.29 is 0 Å². The van der Waals surface area contributed by atoms with Crippen molar-refractivity contribution in [2.45, 2.75) is 26.2 Å². The molecule has 9 aromatic carbocycles. The number of fused-ring (bicyclic) bond motifs is 10. The molecule has 3 heterocycles. The molecule has 12 aromatic rings. The summed E-state index contributed by atoms with van der Waals surface area (Å²) >= 11 is 0. The molecule has 3 heteroatoms. The summed E-state index contributed by atoms with van der Waals surface area (Å²) in [6, 6.07) is 75.5. The Labute approximate surface area is 390 Å². The van der Waals surface area contributed by atoms with Crippen LogP contribution < -0.4 is 4.90 Å². The number of allylic oxidation sites excluding steroid dienone is 5. The molecule has 0 amide bonds. The molecule has 13 rings (SSSR count). The lowest BCUT2D eigenvalue weighted by Gasteiger charge is -2.28. The third-order valence-electron chi connectivity index (χ3n) is 14.2. The summed E-state index contributed by atoms with van der Waals surface area (Å²) in [4.78, 5) is 2.44. The van der Waals surface area contributed by atoms with E-state index in [9.17, 15) is 0 Å². The van der Waals surface area contributed by atoms with Gasteiger partial charge in [-0.2, -0.15) is 0 Å². The standard InChI is InChI=1S/C64H47N3/c1-4-46(65(48-37-32-43(33-38-48)42-18-7-5-8-19-42)60-31-17-26-54-52-23-11-13-28-57(52)66(63(54)60)47-20-9-6-10-21-47)36-34-45-41-64(2,3)56-40-44(35-39-49(45)56)50-24-16-30-59-61(50)55-27-15-25-53-51-22-12-14-29-58(51)67(59)62(53)55/h4-41H,1-3H3/b36-34-,46-4+. The topological polar surface area (TPSA) is 12.6 Å². The Morgan fingerprint density at radius 1 is 0.493 bits per heavy atom. The molecule has 0 spiro atoms. The Balaban J connectivity index is 0.935. The summed E-state index contributed by atoms with van der Waals surface area (Å²) in [5.74, 6) is 0. The van der Waals surface area contributed by atoms with E-state index in [0.29, 0.717) is 0 Å². The molecule has 0 N–H and O–H groups in total. The number of para-hydroxylation sites is 5. The summed E-state index contributed by atoms with van der Waals surface area (Å²) in [6.07, 6.45) is 9.34. The van der Waals surface area contributed by atoms with E-state index in [2.05, 4.69) is 265 Å². The molecule has 0 bridgehead atoms. The van der Waals surface area contributed by atoms with Crippen LogP contribution in [0.1, 0.15) is 31.9 Å². The highest BCUT2D eigenvalue weighted by atomic mass is 15.2. The van der Waals surface area contributed by atoms with Crippen molar-refractivity contribution in [3.8, 4) is 27.9 Å². The molecule has 3 nitrogen and oxygen atoms in total. The minimum absolute atomic E-state index is 0.171. The minimum Gasteiger partial charge on any atom is -0.309 e. The molecule has 0 fully saturated rings. The van der Waals surface area contributed by atoms with E-state index in [1.807, 2.05) is 0 Å². The lowest BCUT2D eigenvalue weighted by atomic mass is 9.85. The van der Waals surface area contributed by atoms with Gasteiger partial charge in [-0.15, -0.1) is 0 Å². The van der Waals surface area contributed by atoms with Crippen LogP contribution in [-0.2, 0) is 5.41 Å². The summed E-state index contributed by atoms with van der Waals surface area (Å²) in [6.45, 7) is 6.86. The van der Waals surface area contributed by atoms with Crippen LogP contribution in [0.3, 0.4) is 0 Å². The summed E-state index contributed by atoms with van der Waals surface area (Å²) < 4.78 is 4.91. The third-order valence-corrected chi connectivity index (χ3v) is 14.2. The molecule has 1 aliphatic rings. The average Bonchev–Trinajstić information content (AvgIpc) is 4.10. The van der Waals surface area contributed by atoms with Gasteiger partial charge in [0, 0.05) is 54.8 Å². The quantitative estimate of drug-likeness (QED) is 0.139. The van der Waals surface area contributed by atoms with Crippen LogP contribution in [0.5, 0.6) is 0 Å². The van der Waals surface area contributed by atoms with Crippen molar-refractivity contribution in [2.75, 3.05) is 4.90 Å². The molecule has 0 saturated carbocycles. The summed E-state index contributed by atoms with van der Waals surface area (Å²) in [5.41, 5.74) is 19.2. The molecule has 0 radical (unpaired) electrons. The normalized spacial score (nSPS) is 13.8. The fourth-order valence-corrected chi connectivity index (χ4v) is 11.3. The number of rotatable bonds is 8. The summed E-state index contributed by atoms with van der Waals surface area (Å²) in [5, 5.41) is 7.68. The predicted octanol–water partition coefficient (Wildman–Crippen LogP) is 17.2. The maximum absolute atomic E-state index is 2.47. The Morgan fingerprint density at radius 3 is 1.87 bits per heavy atom. The molecule has 0 aliphatic heterocycles. The molecule has 0 unspecified atom stereocenters. The number of benzene rings is 9. The largest absolute Gasteiger partial charge is 0.309 e. The first-order valence-electron chi connectivity index (χ1n) is 23.4. The lowest BCUT2D eigenvalue weighted by molar-refractivity contribution is 0.683. The number of hydrogen-bond donors (Lipinski definition) is 0. The van der Waals surface area contributed by atoms with Crippen LogP contribution in [0.15, 0.2) is 236 Å². The fourth-order valence-electron chi connectivity index (χ4n) is 11.3. The van der Waals surface area contributed by atoms with Crippen LogP contribution in [-0.4, -0.2) is 8.97 Å². The predicted molar refractivity (Wildman–Crippen MR) is 285 cm³/mol. The Hall–Kier alpha value is -8.40. The van der Waals surface area contributed by atoms with E-state index in [1.54, 1.807) is 0 Å². The SMILES string of the molecule is C/C=C(\C=C/C1=CC(C)(C)c2cc(-c3cccc4c3c3cccc5c6ccccc6n4c53)ccc21)N(c1ccc(-c2ccccc2)cc1)c1cccc2c3ccccc3n(-c3ccccc3)c12. The molecule has 318 valence electrons. The molecule has 3 aromatic heterocycles. The van der Waals surface area contributed by atoms with Gasteiger partial charge >= 0.3 is 0 Å². The van der Waals surface area contributed by atoms with E-state index in [-0.39, 0.29) is 5.41 Å². The van der Waals surface area contributed by atoms with Gasteiger partial charge in [-0.05, 0) is 107 Å². The van der Waals surface area contributed by atoms with E-state index in [0.717, 1.165) is 22.8 Å². The molecular formula is C64H47N3. The van der Waals surface area contributed by atoms with Crippen molar-refractivity contribution in [1.82, 2.24) is 8.97 Å². The number of anilines is 2. The lowest BCUT2D eigenvalue weighted by Crippen LogP contribution is -2.16. The van der Waals surface area contributed by atoms with E-state index < -0.39 is 0 Å². The summed E-state index contributed by atoms with van der Waals surface area (Å²) in [7, 11) is 0. The van der Waals surface area contributed by atoms with E-state index >= 15 is 0 Å². The van der Waals surface area contributed by atoms with Crippen molar-refractivity contribution in [1.29, 1.82) is 0 Å². The van der Waals surface area contributed by atoms with Gasteiger partial charge in [-0.25, -0.2) is 0 Å². The Morgan fingerprint density at radius 2 is 1.09 bits per heavy atom. The first kappa shape index (κ1) is 39.0. The molecule has 67 heavy (non-hydrogen) atoms. The van der Waals surface area contributed by atoms with Crippen molar-refractivity contribution in [3.63, 3.8) is 0 Å². The molecule has 1 aliphatic carbocycles. The first-order valence-corrected chi connectivity index (χ1v) is 23.4. The number of hydrogen-bond acceptors (Lipinski definition) is 1. The van der Waals surface area contributed by atoms with Gasteiger partial charge in [0.05, 0.1) is 33.3 Å². The Bertz CT molecular complexity index is 3990. The van der Waals surface area contributed by atoms with Crippen molar-refractivity contribution in [3.05, 3.63) is 247 Å². The van der Waals surface area contributed by atoms with Crippen LogP contribution in [0.4, 0.5) is 11.4 Å². The average molecular weight is 858 g/mol. The van der Waals surface area contributed by atoms with Gasteiger partial charge in [-0.1, -0.05) is 184 Å². The first-order chi connectivity index (χ1) is 33.0. The van der Waals surface area contributed by atoms with E-state index in [1.165, 1.54) is 98.9 Å². The second kappa shape index (κ2) is 15.1. The Kier molecular flexibility index (Phi) is 8.78. The van der Waals surface area contributed by atoms with Gasteiger partial charge in [-0.3, -0.25) is 0 Å². The highest BCUT2D eigenvalue weighted by molar-refractivity contribution is 6.26. The van der Waals surface area contributed by atoms with Gasteiger partial charge in [0.2, 0.25) is 0 Å². The van der Waals surface area contributed by atoms with Gasteiger partial charge in [0.1, 0.15) is 0 Å². The maximum atomic E-state index is 2.47. The van der Waals surface area contributed by atoms with Gasteiger partial charge < -0.3 is 13.9 Å². The minimum atomic E-state index is -0.171.